The van der Waals surface area contributed by atoms with Gasteiger partial charge in [0.1, 0.15) is 0 Å². The highest BCUT2D eigenvalue weighted by Gasteiger charge is 2.56. The lowest BCUT2D eigenvalue weighted by Crippen LogP contribution is -2.68. The molecular weight excluding hydrogens is 240 g/mol. The third-order valence-corrected chi connectivity index (χ3v) is 4.75. The van der Waals surface area contributed by atoms with E-state index in [1.165, 1.54) is 5.56 Å². The van der Waals surface area contributed by atoms with E-state index < -0.39 is 6.09 Å². The van der Waals surface area contributed by atoms with Crippen molar-refractivity contribution in [1.29, 1.82) is 0 Å². The van der Waals surface area contributed by atoms with E-state index in [1.54, 1.807) is 4.90 Å². The average molecular weight is 260 g/mol. The van der Waals surface area contributed by atoms with Crippen LogP contribution in [0.3, 0.4) is 0 Å². The zero-order valence-electron chi connectivity index (χ0n) is 11.2. The zero-order chi connectivity index (χ0) is 13.5. The minimum absolute atomic E-state index is 0.124. The molecule has 2 fully saturated rings. The van der Waals surface area contributed by atoms with Crippen LogP contribution in [-0.2, 0) is 6.54 Å². The predicted octanol–water partition coefficient (Wildman–Crippen LogP) is 2.26. The minimum Gasteiger partial charge on any atom is -0.465 e. The highest BCUT2D eigenvalue weighted by molar-refractivity contribution is 5.68. The zero-order valence-corrected chi connectivity index (χ0v) is 11.2. The summed E-state index contributed by atoms with van der Waals surface area (Å²) < 4.78 is 0. The Bertz CT molecular complexity index is 476. The normalized spacial score (nSPS) is 30.6. The van der Waals surface area contributed by atoms with E-state index in [1.807, 2.05) is 6.07 Å². The Kier molecular flexibility index (Phi) is 2.97. The summed E-state index contributed by atoms with van der Waals surface area (Å²) in [5.74, 6) is 0.476. The van der Waals surface area contributed by atoms with Crippen molar-refractivity contribution in [2.75, 3.05) is 19.6 Å². The number of hydrogen-bond acceptors (Lipinski definition) is 2. The molecule has 3 rings (SSSR count). The lowest BCUT2D eigenvalue weighted by molar-refractivity contribution is -0.0458. The van der Waals surface area contributed by atoms with Gasteiger partial charge in [-0.3, -0.25) is 4.90 Å². The molecule has 0 aliphatic carbocycles. The van der Waals surface area contributed by atoms with Crippen LogP contribution < -0.4 is 0 Å². The summed E-state index contributed by atoms with van der Waals surface area (Å²) in [7, 11) is 0. The van der Waals surface area contributed by atoms with Crippen LogP contribution in [0.2, 0.25) is 0 Å². The molecule has 2 aliphatic rings. The third kappa shape index (κ3) is 2.00. The van der Waals surface area contributed by atoms with Crippen LogP contribution in [0.5, 0.6) is 0 Å². The summed E-state index contributed by atoms with van der Waals surface area (Å²) in [6.45, 7) is 5.64. The average Bonchev–Trinajstić information content (AvgIpc) is 2.83. The Hall–Kier alpha value is -1.55. The summed E-state index contributed by atoms with van der Waals surface area (Å²) in [6.07, 6.45) is 0.201. The van der Waals surface area contributed by atoms with Crippen molar-refractivity contribution in [2.24, 2.45) is 5.92 Å². The summed E-state index contributed by atoms with van der Waals surface area (Å²) in [6, 6.07) is 10.4. The quantitative estimate of drug-likeness (QED) is 0.887. The maximum absolute atomic E-state index is 11.3. The number of carbonyl (C=O) groups is 1. The summed E-state index contributed by atoms with van der Waals surface area (Å²) >= 11 is 0. The molecule has 4 heteroatoms. The fraction of sp³-hybridized carbons (Fsp3) is 0.533. The van der Waals surface area contributed by atoms with Crippen LogP contribution in [0.1, 0.15) is 18.9 Å². The molecule has 0 bridgehead atoms. The highest BCUT2D eigenvalue weighted by Crippen LogP contribution is 2.43. The van der Waals surface area contributed by atoms with Crippen molar-refractivity contribution in [3.05, 3.63) is 35.9 Å². The van der Waals surface area contributed by atoms with Gasteiger partial charge in [-0.05, 0) is 17.9 Å². The van der Waals surface area contributed by atoms with E-state index in [-0.39, 0.29) is 5.54 Å². The maximum Gasteiger partial charge on any atom is 0.407 e. The van der Waals surface area contributed by atoms with Crippen molar-refractivity contribution in [3.8, 4) is 0 Å². The molecule has 2 heterocycles. The Balaban J connectivity index is 1.68. The molecule has 1 spiro atoms. The van der Waals surface area contributed by atoms with Crippen molar-refractivity contribution in [2.45, 2.75) is 25.4 Å². The van der Waals surface area contributed by atoms with Gasteiger partial charge < -0.3 is 10.0 Å². The van der Waals surface area contributed by atoms with Crippen LogP contribution in [-0.4, -0.2) is 46.2 Å². The van der Waals surface area contributed by atoms with Crippen LogP contribution in [0.25, 0.3) is 0 Å². The van der Waals surface area contributed by atoms with Crippen LogP contribution in [0.15, 0.2) is 30.3 Å². The van der Waals surface area contributed by atoms with Crippen LogP contribution >= 0.6 is 0 Å². The Labute approximate surface area is 113 Å². The maximum atomic E-state index is 11.3. The first-order valence-corrected chi connectivity index (χ1v) is 6.89. The second-order valence-electron chi connectivity index (χ2n) is 5.84. The molecule has 1 aromatic carbocycles. The second-order valence-corrected chi connectivity index (χ2v) is 5.84. The predicted molar refractivity (Wildman–Crippen MR) is 73.0 cm³/mol. The number of rotatable bonds is 2. The second kappa shape index (κ2) is 4.53. The number of likely N-dealkylation sites (tertiary alicyclic amines) is 2. The smallest absolute Gasteiger partial charge is 0.407 e. The summed E-state index contributed by atoms with van der Waals surface area (Å²) in [5, 5.41) is 9.26. The molecule has 19 heavy (non-hydrogen) atoms. The first-order valence-electron chi connectivity index (χ1n) is 6.89. The Morgan fingerprint density at radius 3 is 2.79 bits per heavy atom. The van der Waals surface area contributed by atoms with Gasteiger partial charge >= 0.3 is 6.09 Å². The molecule has 2 saturated heterocycles. The van der Waals surface area contributed by atoms with Crippen molar-refractivity contribution in [3.63, 3.8) is 0 Å². The number of carboxylic acid groups (broad SMARTS) is 1. The Morgan fingerprint density at radius 2 is 2.16 bits per heavy atom. The van der Waals surface area contributed by atoms with Gasteiger partial charge in [-0.2, -0.15) is 0 Å². The number of amides is 1. The first-order chi connectivity index (χ1) is 9.12. The fourth-order valence-electron chi connectivity index (χ4n) is 3.54. The first kappa shape index (κ1) is 12.5. The van der Waals surface area contributed by atoms with Gasteiger partial charge in [-0.15, -0.1) is 0 Å². The monoisotopic (exact) mass is 260 g/mol. The van der Waals surface area contributed by atoms with E-state index in [2.05, 4.69) is 36.1 Å². The molecule has 0 radical (unpaired) electrons. The van der Waals surface area contributed by atoms with Gasteiger partial charge in [0.05, 0.1) is 5.54 Å². The van der Waals surface area contributed by atoms with Crippen LogP contribution in [0.4, 0.5) is 4.79 Å². The number of hydrogen-bond donors (Lipinski definition) is 1. The van der Waals surface area contributed by atoms with E-state index in [0.29, 0.717) is 12.5 Å². The molecule has 0 aromatic heterocycles. The molecule has 1 amide bonds. The van der Waals surface area contributed by atoms with E-state index in [4.69, 9.17) is 0 Å². The van der Waals surface area contributed by atoms with Gasteiger partial charge in [0.25, 0.3) is 0 Å². The lowest BCUT2D eigenvalue weighted by Gasteiger charge is -2.54. The van der Waals surface area contributed by atoms with Crippen molar-refractivity contribution < 1.29 is 9.90 Å². The van der Waals surface area contributed by atoms with Crippen LogP contribution in [0, 0.1) is 5.92 Å². The molecule has 0 saturated carbocycles. The van der Waals surface area contributed by atoms with Gasteiger partial charge in [0, 0.05) is 26.2 Å². The fourth-order valence-corrected chi connectivity index (χ4v) is 3.54. The summed E-state index contributed by atoms with van der Waals surface area (Å²) in [5.41, 5.74) is 1.18. The number of nitrogens with zero attached hydrogens (tertiary/aromatic N) is 2. The standard InChI is InChI=1S/C15H20N2O2/c1-12-9-17(14(18)19)15(12)7-8-16(11-15)10-13-5-3-2-4-6-13/h2-6,12H,7-11H2,1H3,(H,18,19). The third-order valence-electron chi connectivity index (χ3n) is 4.75. The molecule has 2 unspecified atom stereocenters. The van der Waals surface area contributed by atoms with E-state index in [9.17, 15) is 9.90 Å². The number of benzene rings is 1. The minimum atomic E-state index is -0.764. The van der Waals surface area contributed by atoms with E-state index in [0.717, 1.165) is 26.1 Å². The van der Waals surface area contributed by atoms with Gasteiger partial charge in [0.15, 0.2) is 0 Å². The molecule has 1 N–H and O–H groups in total. The molecular formula is C15H20N2O2. The molecule has 2 aliphatic heterocycles. The van der Waals surface area contributed by atoms with Crippen molar-refractivity contribution >= 4 is 6.09 Å². The van der Waals surface area contributed by atoms with E-state index >= 15 is 0 Å². The summed E-state index contributed by atoms with van der Waals surface area (Å²) in [4.78, 5) is 15.3. The lowest BCUT2D eigenvalue weighted by atomic mass is 9.74. The molecule has 102 valence electrons. The molecule has 1 aromatic rings. The highest BCUT2D eigenvalue weighted by atomic mass is 16.4. The van der Waals surface area contributed by atoms with Gasteiger partial charge in [0.2, 0.25) is 0 Å². The molecule has 2 atom stereocenters. The van der Waals surface area contributed by atoms with Gasteiger partial charge in [-0.1, -0.05) is 37.3 Å². The topological polar surface area (TPSA) is 43.8 Å². The SMILES string of the molecule is CC1CN(C(=O)O)C12CCN(Cc1ccccc1)C2. The largest absolute Gasteiger partial charge is 0.465 e. The Morgan fingerprint density at radius 1 is 1.42 bits per heavy atom. The van der Waals surface area contributed by atoms with Crippen molar-refractivity contribution in [1.82, 2.24) is 9.80 Å². The van der Waals surface area contributed by atoms with Gasteiger partial charge in [-0.25, -0.2) is 4.79 Å². The molecule has 4 nitrogen and oxygen atoms in total.